The molecule has 0 aromatic carbocycles. The summed E-state index contributed by atoms with van der Waals surface area (Å²) in [7, 11) is 0. The Hall–Kier alpha value is -2.61. The van der Waals surface area contributed by atoms with Crippen molar-refractivity contribution in [2.75, 3.05) is 6.61 Å². The first kappa shape index (κ1) is 16.8. The highest BCUT2D eigenvalue weighted by molar-refractivity contribution is 5.91. The number of nitrogens with one attached hydrogen (secondary N) is 1. The molecule has 23 heavy (non-hydrogen) atoms. The van der Waals surface area contributed by atoms with Gasteiger partial charge in [0.05, 0.1) is 5.57 Å². The van der Waals surface area contributed by atoms with E-state index in [2.05, 4.69) is 4.98 Å². The zero-order chi connectivity index (χ0) is 17.0. The van der Waals surface area contributed by atoms with E-state index in [4.69, 9.17) is 14.2 Å². The molecule has 0 saturated carbocycles. The van der Waals surface area contributed by atoms with Crippen LogP contribution >= 0.6 is 0 Å². The molecule has 0 amide bonds. The van der Waals surface area contributed by atoms with Gasteiger partial charge in [-0.25, -0.2) is 4.79 Å². The van der Waals surface area contributed by atoms with Crippen LogP contribution < -0.4 is 0 Å². The normalized spacial score (nSPS) is 21.9. The first-order valence-electron chi connectivity index (χ1n) is 6.93. The predicted octanol–water partition coefficient (Wildman–Crippen LogP) is 0.395. The summed E-state index contributed by atoms with van der Waals surface area (Å²) >= 11 is 0. The van der Waals surface area contributed by atoms with Crippen molar-refractivity contribution in [1.82, 2.24) is 4.98 Å². The van der Waals surface area contributed by atoms with E-state index in [1.165, 1.54) is 19.9 Å². The number of aliphatic hydroxyl groups is 1. The van der Waals surface area contributed by atoms with E-state index in [0.29, 0.717) is 5.69 Å². The maximum atomic E-state index is 12.1. The Morgan fingerprint density at radius 2 is 2.13 bits per heavy atom. The van der Waals surface area contributed by atoms with Gasteiger partial charge >= 0.3 is 17.9 Å². The number of ether oxygens (including phenoxy) is 3. The van der Waals surface area contributed by atoms with Crippen molar-refractivity contribution < 1.29 is 33.7 Å². The molecule has 0 unspecified atom stereocenters. The molecule has 0 fully saturated rings. The third kappa shape index (κ3) is 4.19. The number of aliphatic hydroxyl groups excluding tert-OH is 1. The van der Waals surface area contributed by atoms with Gasteiger partial charge in [-0.2, -0.15) is 0 Å². The molecule has 1 aliphatic heterocycles. The molecule has 124 valence electrons. The number of esters is 3. The molecule has 0 aliphatic carbocycles. The molecule has 3 atom stereocenters. The lowest BCUT2D eigenvalue weighted by Crippen LogP contribution is -2.42. The largest absolute Gasteiger partial charge is 0.462 e. The molecule has 0 bridgehead atoms. The second-order valence-corrected chi connectivity index (χ2v) is 4.97. The lowest BCUT2D eigenvalue weighted by molar-refractivity contribution is -0.171. The molecule has 8 nitrogen and oxygen atoms in total. The van der Waals surface area contributed by atoms with Gasteiger partial charge < -0.3 is 24.3 Å². The molecular weight excluding hydrogens is 306 g/mol. The van der Waals surface area contributed by atoms with Crippen LogP contribution in [0.3, 0.4) is 0 Å². The monoisotopic (exact) mass is 323 g/mol. The lowest BCUT2D eigenvalue weighted by atomic mass is 10.00. The maximum absolute atomic E-state index is 12.1. The first-order chi connectivity index (χ1) is 10.9. The number of aromatic amines is 1. The fourth-order valence-corrected chi connectivity index (χ4v) is 2.14. The van der Waals surface area contributed by atoms with Crippen LogP contribution in [0.15, 0.2) is 30.0 Å². The average molecular weight is 323 g/mol. The number of hydrogen-bond donors (Lipinski definition) is 2. The van der Waals surface area contributed by atoms with Crippen LogP contribution in [0.4, 0.5) is 0 Å². The van der Waals surface area contributed by atoms with Crippen LogP contribution in [-0.4, -0.2) is 46.8 Å². The van der Waals surface area contributed by atoms with E-state index in [1.807, 2.05) is 0 Å². The third-order valence-corrected chi connectivity index (χ3v) is 3.17. The van der Waals surface area contributed by atoms with E-state index < -0.39 is 36.2 Å². The molecule has 0 saturated heterocycles. The summed E-state index contributed by atoms with van der Waals surface area (Å²) in [4.78, 5) is 37.0. The van der Waals surface area contributed by atoms with Crippen molar-refractivity contribution in [3.63, 3.8) is 0 Å². The molecule has 0 radical (unpaired) electrons. The molecule has 2 rings (SSSR count). The summed E-state index contributed by atoms with van der Waals surface area (Å²) in [5.74, 6) is -1.91. The standard InChI is InChI=1S/C15H17NO7/c1-8(17)21-7-13-12(22-9(2)18)6-10(15(20)23-13)14(19)11-4-3-5-16-11/h3-6,12-14,16,19H,7H2,1-2H3/t12-,13+,14+/m0/s1. The van der Waals surface area contributed by atoms with Crippen molar-refractivity contribution >= 4 is 17.9 Å². The lowest BCUT2D eigenvalue weighted by Gasteiger charge is -2.30. The third-order valence-electron chi connectivity index (χ3n) is 3.17. The average Bonchev–Trinajstić information content (AvgIpc) is 3.00. The van der Waals surface area contributed by atoms with Crippen LogP contribution in [-0.2, 0) is 28.6 Å². The van der Waals surface area contributed by atoms with Gasteiger partial charge in [0.1, 0.15) is 12.7 Å². The molecule has 2 heterocycles. The van der Waals surface area contributed by atoms with E-state index in [-0.39, 0.29) is 12.2 Å². The summed E-state index contributed by atoms with van der Waals surface area (Å²) in [6.07, 6.45) is -0.253. The number of rotatable bonds is 5. The Morgan fingerprint density at radius 3 is 2.70 bits per heavy atom. The molecule has 2 N–H and O–H groups in total. The van der Waals surface area contributed by atoms with Gasteiger partial charge in [0.25, 0.3) is 0 Å². The van der Waals surface area contributed by atoms with E-state index >= 15 is 0 Å². The minimum Gasteiger partial charge on any atom is -0.462 e. The van der Waals surface area contributed by atoms with Gasteiger partial charge in [-0.3, -0.25) is 9.59 Å². The topological polar surface area (TPSA) is 115 Å². The highest BCUT2D eigenvalue weighted by Gasteiger charge is 2.37. The Labute approximate surface area is 132 Å². The van der Waals surface area contributed by atoms with Crippen LogP contribution in [0.25, 0.3) is 0 Å². The smallest absolute Gasteiger partial charge is 0.337 e. The summed E-state index contributed by atoms with van der Waals surface area (Å²) in [6.45, 7) is 2.16. The number of H-pyrrole nitrogens is 1. The van der Waals surface area contributed by atoms with Gasteiger partial charge in [0.15, 0.2) is 12.2 Å². The quantitative estimate of drug-likeness (QED) is 0.595. The minimum atomic E-state index is -1.25. The number of hydrogen-bond acceptors (Lipinski definition) is 7. The van der Waals surface area contributed by atoms with Gasteiger partial charge in [-0.05, 0) is 18.2 Å². The second kappa shape index (κ2) is 7.10. The molecular formula is C15H17NO7. The van der Waals surface area contributed by atoms with Crippen LogP contribution in [0.5, 0.6) is 0 Å². The molecule has 8 heteroatoms. The maximum Gasteiger partial charge on any atom is 0.337 e. The van der Waals surface area contributed by atoms with Crippen LogP contribution in [0, 0.1) is 0 Å². The summed E-state index contributed by atoms with van der Waals surface area (Å²) in [5.41, 5.74) is 0.339. The summed E-state index contributed by atoms with van der Waals surface area (Å²) < 4.78 is 15.0. The van der Waals surface area contributed by atoms with E-state index in [9.17, 15) is 19.5 Å². The van der Waals surface area contributed by atoms with Crippen molar-refractivity contribution in [2.24, 2.45) is 0 Å². The van der Waals surface area contributed by atoms with Gasteiger partial charge in [0.2, 0.25) is 0 Å². The first-order valence-corrected chi connectivity index (χ1v) is 6.93. The zero-order valence-corrected chi connectivity index (χ0v) is 12.6. The number of carbonyl (C=O) groups excluding carboxylic acids is 3. The Kier molecular flexibility index (Phi) is 5.17. The Balaban J connectivity index is 2.23. The Morgan fingerprint density at radius 1 is 1.39 bits per heavy atom. The number of cyclic esters (lactones) is 1. The fraction of sp³-hybridized carbons (Fsp3) is 0.400. The summed E-state index contributed by atoms with van der Waals surface area (Å²) in [6, 6.07) is 3.27. The number of carbonyl (C=O) groups is 3. The SMILES string of the molecule is CC(=O)OC[C@H]1OC(=O)C([C@@H](O)c2ccc[nH]2)=C[C@@H]1OC(C)=O. The van der Waals surface area contributed by atoms with E-state index in [0.717, 1.165) is 0 Å². The van der Waals surface area contributed by atoms with Crippen molar-refractivity contribution in [1.29, 1.82) is 0 Å². The zero-order valence-electron chi connectivity index (χ0n) is 12.6. The minimum absolute atomic E-state index is 0.0576. The molecule has 0 spiro atoms. The van der Waals surface area contributed by atoms with Gasteiger partial charge in [-0.1, -0.05) is 0 Å². The van der Waals surface area contributed by atoms with Crippen molar-refractivity contribution in [3.05, 3.63) is 35.7 Å². The number of aromatic nitrogens is 1. The van der Waals surface area contributed by atoms with Crippen LogP contribution in [0.1, 0.15) is 25.6 Å². The Bertz CT molecular complexity index is 620. The molecule has 1 aromatic rings. The molecule has 1 aliphatic rings. The highest BCUT2D eigenvalue weighted by atomic mass is 16.6. The fourth-order valence-electron chi connectivity index (χ4n) is 2.14. The van der Waals surface area contributed by atoms with Gasteiger partial charge in [0, 0.05) is 25.7 Å². The highest BCUT2D eigenvalue weighted by Crippen LogP contribution is 2.27. The second-order valence-electron chi connectivity index (χ2n) is 4.97. The van der Waals surface area contributed by atoms with Crippen molar-refractivity contribution in [2.45, 2.75) is 32.2 Å². The predicted molar refractivity (Wildman–Crippen MR) is 75.9 cm³/mol. The van der Waals surface area contributed by atoms with Crippen LogP contribution in [0.2, 0.25) is 0 Å². The van der Waals surface area contributed by atoms with E-state index in [1.54, 1.807) is 18.3 Å². The van der Waals surface area contributed by atoms with Crippen molar-refractivity contribution in [3.8, 4) is 0 Å². The van der Waals surface area contributed by atoms with Gasteiger partial charge in [-0.15, -0.1) is 0 Å². The summed E-state index contributed by atoms with van der Waals surface area (Å²) in [5, 5.41) is 10.2. The molecule has 1 aromatic heterocycles.